The van der Waals surface area contributed by atoms with Gasteiger partial charge in [-0.15, -0.1) is 0 Å². The van der Waals surface area contributed by atoms with Crippen molar-refractivity contribution < 1.29 is 4.42 Å². The summed E-state index contributed by atoms with van der Waals surface area (Å²) in [5, 5.41) is 9.57. The molecule has 0 saturated carbocycles. The largest absolute Gasteiger partial charge is 0.456 e. The Balaban J connectivity index is 1.76. The van der Waals surface area contributed by atoms with Gasteiger partial charge in [0.05, 0.1) is 5.36 Å². The van der Waals surface area contributed by atoms with E-state index < -0.39 is 0 Å². The van der Waals surface area contributed by atoms with E-state index in [9.17, 15) is 0 Å². The highest BCUT2D eigenvalue weighted by Crippen LogP contribution is 2.46. The molecule has 168 valence electrons. The molecule has 0 fully saturated rings. The molecule has 0 unspecified atom stereocenters. The molecular formula is C32H24N2O. The summed E-state index contributed by atoms with van der Waals surface area (Å²) in [5.74, 6) is 0.677. The molecule has 3 heteroatoms. The average Bonchev–Trinajstić information content (AvgIpc) is 2.88. The van der Waals surface area contributed by atoms with E-state index in [4.69, 9.17) is 15.6 Å². The van der Waals surface area contributed by atoms with Crippen molar-refractivity contribution in [1.29, 1.82) is 5.41 Å². The van der Waals surface area contributed by atoms with Gasteiger partial charge in [-0.2, -0.15) is 0 Å². The highest BCUT2D eigenvalue weighted by Gasteiger charge is 2.22. The van der Waals surface area contributed by atoms with E-state index in [2.05, 4.69) is 67.6 Å². The van der Waals surface area contributed by atoms with Gasteiger partial charge in [0.25, 0.3) is 0 Å². The van der Waals surface area contributed by atoms with Gasteiger partial charge in [0.2, 0.25) is 0 Å². The molecule has 0 atom stereocenters. The number of benzene rings is 5. The van der Waals surface area contributed by atoms with Crippen LogP contribution in [-0.2, 0) is 0 Å². The minimum Gasteiger partial charge on any atom is -0.456 e. The molecule has 0 aromatic heterocycles. The molecule has 1 heterocycles. The van der Waals surface area contributed by atoms with Crippen LogP contribution in [0.3, 0.4) is 0 Å². The molecule has 4 aromatic rings. The third kappa shape index (κ3) is 3.68. The predicted molar refractivity (Wildman–Crippen MR) is 144 cm³/mol. The summed E-state index contributed by atoms with van der Waals surface area (Å²) in [4.78, 5) is 0. The van der Waals surface area contributed by atoms with Crippen LogP contribution in [-0.4, -0.2) is 0 Å². The Kier molecular flexibility index (Phi) is 4.97. The molecule has 0 bridgehead atoms. The van der Waals surface area contributed by atoms with Gasteiger partial charge in [0.1, 0.15) is 11.3 Å². The Hall–Kier alpha value is -4.63. The van der Waals surface area contributed by atoms with Crippen molar-refractivity contribution in [2.45, 2.75) is 6.92 Å². The maximum absolute atomic E-state index is 8.16. The second-order valence-corrected chi connectivity index (χ2v) is 8.89. The van der Waals surface area contributed by atoms with E-state index in [1.807, 2.05) is 42.5 Å². The van der Waals surface area contributed by atoms with Gasteiger partial charge in [0.15, 0.2) is 0 Å². The quantitative estimate of drug-likeness (QED) is 0.212. The zero-order valence-corrected chi connectivity index (χ0v) is 19.4. The van der Waals surface area contributed by atoms with Crippen molar-refractivity contribution in [3.8, 4) is 44.7 Å². The van der Waals surface area contributed by atoms with Crippen LogP contribution in [0.4, 0.5) is 5.69 Å². The molecule has 3 N–H and O–H groups in total. The van der Waals surface area contributed by atoms with E-state index >= 15 is 0 Å². The molecule has 0 saturated heterocycles. The Morgan fingerprint density at radius 2 is 1.34 bits per heavy atom. The normalized spacial score (nSPS) is 11.2. The van der Waals surface area contributed by atoms with Crippen LogP contribution in [0.15, 0.2) is 114 Å². The highest BCUT2D eigenvalue weighted by atomic mass is 16.3. The van der Waals surface area contributed by atoms with Gasteiger partial charge in [-0.25, -0.2) is 0 Å². The average molecular weight is 453 g/mol. The first-order chi connectivity index (χ1) is 17.1. The fraction of sp³-hybridized carbons (Fsp3) is 0.0312. The van der Waals surface area contributed by atoms with Crippen molar-refractivity contribution >= 4 is 16.7 Å². The number of anilines is 1. The lowest BCUT2D eigenvalue weighted by Gasteiger charge is -2.21. The Morgan fingerprint density at radius 3 is 2.09 bits per heavy atom. The number of hydrogen-bond donors (Lipinski definition) is 2. The van der Waals surface area contributed by atoms with E-state index in [1.54, 1.807) is 6.07 Å². The maximum atomic E-state index is 8.16. The first-order valence-corrected chi connectivity index (χ1v) is 11.6. The fourth-order valence-corrected chi connectivity index (χ4v) is 4.94. The molecule has 0 radical (unpaired) electrons. The van der Waals surface area contributed by atoms with Gasteiger partial charge in [-0.05, 0) is 70.6 Å². The summed E-state index contributed by atoms with van der Waals surface area (Å²) in [6.07, 6.45) is 0. The van der Waals surface area contributed by atoms with Crippen LogP contribution in [0, 0.1) is 12.3 Å². The second-order valence-electron chi connectivity index (χ2n) is 8.89. The first-order valence-electron chi connectivity index (χ1n) is 11.6. The minimum absolute atomic E-state index is 0.412. The zero-order valence-electron chi connectivity index (χ0n) is 19.4. The van der Waals surface area contributed by atoms with Gasteiger partial charge >= 0.3 is 0 Å². The van der Waals surface area contributed by atoms with E-state index in [0.29, 0.717) is 22.4 Å². The zero-order chi connectivity index (χ0) is 23.9. The Bertz CT molecular complexity index is 1720. The molecule has 4 aromatic carbocycles. The van der Waals surface area contributed by atoms with Crippen LogP contribution in [0.25, 0.3) is 55.7 Å². The second kappa shape index (κ2) is 8.30. The van der Waals surface area contributed by atoms with Crippen LogP contribution < -0.4 is 11.1 Å². The molecule has 3 nitrogen and oxygen atoms in total. The Morgan fingerprint density at radius 1 is 0.629 bits per heavy atom. The molecule has 2 aliphatic rings. The first kappa shape index (κ1) is 20.9. The summed E-state index contributed by atoms with van der Waals surface area (Å²) in [7, 11) is 0. The molecule has 1 aliphatic heterocycles. The topological polar surface area (TPSA) is 63.0 Å². The lowest BCUT2D eigenvalue weighted by molar-refractivity contribution is 0.619. The number of aryl methyl sites for hydroxylation is 1. The van der Waals surface area contributed by atoms with E-state index in [-0.39, 0.29) is 0 Å². The smallest absolute Gasteiger partial charge is 0.137 e. The van der Waals surface area contributed by atoms with Crippen LogP contribution in [0.2, 0.25) is 0 Å². The number of fused-ring (bicyclic) bond motifs is 2. The van der Waals surface area contributed by atoms with Crippen molar-refractivity contribution in [3.63, 3.8) is 0 Å². The van der Waals surface area contributed by atoms with Crippen LogP contribution >= 0.6 is 0 Å². The molecule has 0 spiro atoms. The Labute approximate surface area is 204 Å². The van der Waals surface area contributed by atoms with Gasteiger partial charge in [0, 0.05) is 34.3 Å². The van der Waals surface area contributed by atoms with Crippen LogP contribution in [0.5, 0.6) is 0 Å². The predicted octanol–water partition coefficient (Wildman–Crippen LogP) is 7.91. The molecular weight excluding hydrogens is 428 g/mol. The molecule has 0 amide bonds. The lowest BCUT2D eigenvalue weighted by Crippen LogP contribution is -2.02. The summed E-state index contributed by atoms with van der Waals surface area (Å²) < 4.78 is 6.25. The number of nitrogens with two attached hydrogens (primary N) is 1. The maximum Gasteiger partial charge on any atom is 0.137 e. The summed E-state index contributed by atoms with van der Waals surface area (Å²) in [6.45, 7) is 2.17. The molecule has 6 rings (SSSR count). The molecule has 35 heavy (non-hydrogen) atoms. The summed E-state index contributed by atoms with van der Waals surface area (Å²) in [5.41, 5.74) is 16.6. The van der Waals surface area contributed by atoms with E-state index in [1.165, 1.54) is 16.7 Å². The SMILES string of the molecule is Cc1cc(-c2ccccc2)cc(-c2ccccc2)c1-c1c2ccc(=N)cc-2oc2cc(N)ccc12. The third-order valence-electron chi connectivity index (χ3n) is 6.52. The van der Waals surface area contributed by atoms with Crippen molar-refractivity contribution in [2.24, 2.45) is 0 Å². The number of rotatable bonds is 3. The van der Waals surface area contributed by atoms with Crippen molar-refractivity contribution in [1.82, 2.24) is 0 Å². The third-order valence-corrected chi connectivity index (χ3v) is 6.52. The summed E-state index contributed by atoms with van der Waals surface area (Å²) >= 11 is 0. The van der Waals surface area contributed by atoms with E-state index in [0.717, 1.165) is 33.2 Å². The highest BCUT2D eigenvalue weighted by molar-refractivity contribution is 6.07. The van der Waals surface area contributed by atoms with Gasteiger partial charge < -0.3 is 15.6 Å². The minimum atomic E-state index is 0.412. The van der Waals surface area contributed by atoms with Crippen molar-refractivity contribution in [3.05, 3.63) is 120 Å². The number of nitrogen functional groups attached to an aromatic ring is 1. The van der Waals surface area contributed by atoms with Crippen LogP contribution in [0.1, 0.15) is 5.56 Å². The van der Waals surface area contributed by atoms with Crippen molar-refractivity contribution in [2.75, 3.05) is 5.73 Å². The summed E-state index contributed by atoms with van der Waals surface area (Å²) in [6, 6.07) is 36.9. The lowest BCUT2D eigenvalue weighted by atomic mass is 9.84. The fourth-order valence-electron chi connectivity index (χ4n) is 4.94. The van der Waals surface area contributed by atoms with Gasteiger partial charge in [-0.3, -0.25) is 0 Å². The number of hydrogen-bond acceptors (Lipinski definition) is 3. The number of nitrogens with one attached hydrogen (secondary N) is 1. The van der Waals surface area contributed by atoms with Gasteiger partial charge in [-0.1, -0.05) is 66.7 Å². The molecule has 1 aliphatic carbocycles. The standard InChI is InChI=1S/C32H24N2O/c1-20-16-23(21-8-4-2-5-9-21)17-28(22-10-6-3-7-11-22)31(20)32-26-14-12-24(33)18-29(26)35-30-19-25(34)13-15-27(30)32/h2-19,33H,34H2,1H3. The monoisotopic (exact) mass is 452 g/mol.